The average Bonchev–Trinajstić information content (AvgIpc) is 3.18. The third-order valence-corrected chi connectivity index (χ3v) is 7.11. The van der Waals surface area contributed by atoms with Crippen LogP contribution >= 0.6 is 0 Å². The molecule has 140 valence electrons. The fourth-order valence-electron chi connectivity index (χ4n) is 6.17. The summed E-state index contributed by atoms with van der Waals surface area (Å²) in [5.74, 6) is -0.808. The molecular formula is C21H26O5. The van der Waals surface area contributed by atoms with Crippen LogP contribution in [0.5, 0.6) is 0 Å². The number of carbonyl (C=O) groups excluding carboxylic acids is 1. The monoisotopic (exact) mass is 358 g/mol. The first-order valence-corrected chi connectivity index (χ1v) is 9.76. The second kappa shape index (κ2) is 5.86. The first kappa shape index (κ1) is 16.9. The van der Waals surface area contributed by atoms with Crippen LogP contribution in [0.3, 0.4) is 0 Å². The molecule has 1 heterocycles. The fraction of sp³-hybridized carbons (Fsp3) is 0.667. The first-order valence-electron chi connectivity index (χ1n) is 9.76. The van der Waals surface area contributed by atoms with E-state index in [1.165, 1.54) is 0 Å². The summed E-state index contributed by atoms with van der Waals surface area (Å²) in [4.78, 5) is 13.0. The van der Waals surface area contributed by atoms with Crippen LogP contribution in [0.1, 0.15) is 25.8 Å². The van der Waals surface area contributed by atoms with Gasteiger partial charge in [-0.05, 0) is 12.5 Å². The Morgan fingerprint density at radius 3 is 2.77 bits per heavy atom. The number of hydrogen-bond acceptors (Lipinski definition) is 5. The summed E-state index contributed by atoms with van der Waals surface area (Å²) in [5.41, 5.74) is 1.11. The van der Waals surface area contributed by atoms with Gasteiger partial charge in [-0.2, -0.15) is 0 Å². The second-order valence-corrected chi connectivity index (χ2v) is 8.28. The van der Waals surface area contributed by atoms with E-state index in [1.807, 2.05) is 44.2 Å². The van der Waals surface area contributed by atoms with Crippen molar-refractivity contribution in [2.24, 2.45) is 29.6 Å². The minimum Gasteiger partial charge on any atom is -0.390 e. The highest BCUT2D eigenvalue weighted by Crippen LogP contribution is 2.67. The van der Waals surface area contributed by atoms with E-state index in [-0.39, 0.29) is 47.6 Å². The average molecular weight is 358 g/mol. The van der Waals surface area contributed by atoms with Gasteiger partial charge in [-0.3, -0.25) is 4.79 Å². The number of ketones is 1. The van der Waals surface area contributed by atoms with Crippen LogP contribution in [-0.4, -0.2) is 41.6 Å². The van der Waals surface area contributed by atoms with Crippen molar-refractivity contribution < 1.29 is 24.1 Å². The van der Waals surface area contributed by atoms with Crippen LogP contribution in [-0.2, 0) is 25.6 Å². The number of aliphatic hydroxyl groups is 1. The van der Waals surface area contributed by atoms with Gasteiger partial charge in [0.1, 0.15) is 5.78 Å². The van der Waals surface area contributed by atoms with Crippen LogP contribution in [0.2, 0.25) is 0 Å². The Kier molecular flexibility index (Phi) is 3.80. The molecule has 26 heavy (non-hydrogen) atoms. The molecule has 5 rings (SSSR count). The standard InChI is InChI=1S/C21H26O5/c1-3-25-21-9-13-14-15(16(21)18(13)23)20(26-21)17(22)11(2)19(14)24-10-12-7-5-4-6-8-12/h4-8,11,13-17,19-20,22H,3,9-10H2,1-2H3/t11-,13+,14-,15-,16-,17+,19+,20+,21+/m0/s1. The van der Waals surface area contributed by atoms with Gasteiger partial charge in [0, 0.05) is 36.7 Å². The maximum Gasteiger partial charge on any atom is 0.179 e. The Morgan fingerprint density at radius 2 is 2.04 bits per heavy atom. The number of aliphatic hydroxyl groups excluding tert-OH is 1. The summed E-state index contributed by atoms with van der Waals surface area (Å²) in [6.45, 7) is 4.96. The molecule has 1 N–H and O–H groups in total. The van der Waals surface area contributed by atoms with Gasteiger partial charge in [-0.1, -0.05) is 37.3 Å². The third-order valence-electron chi connectivity index (χ3n) is 7.11. The molecule has 1 aromatic rings. The number of carbonyl (C=O) groups is 1. The van der Waals surface area contributed by atoms with Crippen molar-refractivity contribution in [2.45, 2.75) is 51.0 Å². The molecule has 9 atom stereocenters. The highest BCUT2D eigenvalue weighted by molar-refractivity contribution is 5.91. The van der Waals surface area contributed by atoms with Crippen molar-refractivity contribution in [3.63, 3.8) is 0 Å². The molecule has 0 spiro atoms. The molecule has 1 aromatic carbocycles. The fourth-order valence-corrected chi connectivity index (χ4v) is 6.17. The molecular weight excluding hydrogens is 332 g/mol. The lowest BCUT2D eigenvalue weighted by Gasteiger charge is -2.45. The normalized spacial score (nSPS) is 48.3. The van der Waals surface area contributed by atoms with Gasteiger partial charge in [0.05, 0.1) is 30.8 Å². The summed E-state index contributed by atoms with van der Waals surface area (Å²) in [6, 6.07) is 10.1. The number of hydrogen-bond donors (Lipinski definition) is 1. The Labute approximate surface area is 153 Å². The molecule has 0 aromatic heterocycles. The number of Topliss-reactive ketones (excluding diaryl/α,β-unsaturated/α-hetero) is 1. The maximum absolute atomic E-state index is 13.0. The first-order chi connectivity index (χ1) is 12.6. The van der Waals surface area contributed by atoms with Crippen LogP contribution in [0.4, 0.5) is 0 Å². The van der Waals surface area contributed by atoms with Crippen molar-refractivity contribution >= 4 is 5.78 Å². The predicted octanol–water partition coefficient (Wildman–Crippen LogP) is 2.17. The van der Waals surface area contributed by atoms with Gasteiger partial charge in [-0.25, -0.2) is 0 Å². The van der Waals surface area contributed by atoms with Gasteiger partial charge < -0.3 is 19.3 Å². The molecule has 1 aliphatic heterocycles. The van der Waals surface area contributed by atoms with E-state index in [0.29, 0.717) is 19.6 Å². The molecule has 5 heteroatoms. The molecule has 1 saturated heterocycles. The number of fused-ring (bicyclic) bond motifs is 2. The lowest BCUT2D eigenvalue weighted by molar-refractivity contribution is -0.246. The third kappa shape index (κ3) is 2.09. The molecule has 0 amide bonds. The molecule has 4 aliphatic rings. The Morgan fingerprint density at radius 1 is 1.27 bits per heavy atom. The van der Waals surface area contributed by atoms with Crippen LogP contribution < -0.4 is 0 Å². The largest absolute Gasteiger partial charge is 0.390 e. The van der Waals surface area contributed by atoms with Crippen molar-refractivity contribution in [1.29, 1.82) is 0 Å². The zero-order valence-corrected chi connectivity index (χ0v) is 15.2. The molecule has 3 aliphatic carbocycles. The van der Waals surface area contributed by atoms with E-state index in [0.717, 1.165) is 5.56 Å². The van der Waals surface area contributed by atoms with Gasteiger partial charge in [-0.15, -0.1) is 0 Å². The number of ether oxygens (including phenoxy) is 3. The minimum absolute atomic E-state index is 0.0137. The summed E-state index contributed by atoms with van der Waals surface area (Å²) >= 11 is 0. The molecule has 0 radical (unpaired) electrons. The lowest BCUT2D eigenvalue weighted by atomic mass is 9.64. The van der Waals surface area contributed by atoms with Gasteiger partial charge in [0.25, 0.3) is 0 Å². The van der Waals surface area contributed by atoms with E-state index in [2.05, 4.69) is 0 Å². The SMILES string of the molecule is CCO[C@@]12C[C@H]3C(=O)[C@@H]1[C@H]1[C@@H](O2)[C@H](O)[C@H](C)[C@@H](OCc2ccccc2)[C@H]13. The summed E-state index contributed by atoms with van der Waals surface area (Å²) < 4.78 is 18.5. The maximum atomic E-state index is 13.0. The highest BCUT2D eigenvalue weighted by Gasteiger charge is 2.78. The zero-order chi connectivity index (χ0) is 18.1. The molecule has 2 bridgehead atoms. The summed E-state index contributed by atoms with van der Waals surface area (Å²) in [7, 11) is 0. The van der Waals surface area contributed by atoms with Crippen LogP contribution in [0.25, 0.3) is 0 Å². The van der Waals surface area contributed by atoms with Crippen molar-refractivity contribution in [1.82, 2.24) is 0 Å². The topological polar surface area (TPSA) is 65.0 Å². The van der Waals surface area contributed by atoms with Gasteiger partial charge >= 0.3 is 0 Å². The smallest absolute Gasteiger partial charge is 0.179 e. The Hall–Kier alpha value is -1.27. The Bertz CT molecular complexity index is 706. The van der Waals surface area contributed by atoms with E-state index in [4.69, 9.17) is 14.2 Å². The summed E-state index contributed by atoms with van der Waals surface area (Å²) in [5, 5.41) is 10.9. The van der Waals surface area contributed by atoms with Crippen LogP contribution in [0.15, 0.2) is 30.3 Å². The minimum atomic E-state index is -0.808. The van der Waals surface area contributed by atoms with Gasteiger partial charge in [0.2, 0.25) is 0 Å². The van der Waals surface area contributed by atoms with Gasteiger partial charge in [0.15, 0.2) is 5.79 Å². The van der Waals surface area contributed by atoms with Crippen molar-refractivity contribution in [3.05, 3.63) is 35.9 Å². The van der Waals surface area contributed by atoms with Crippen molar-refractivity contribution in [2.75, 3.05) is 6.61 Å². The van der Waals surface area contributed by atoms with Crippen molar-refractivity contribution in [3.8, 4) is 0 Å². The van der Waals surface area contributed by atoms with E-state index in [9.17, 15) is 9.90 Å². The van der Waals surface area contributed by atoms with E-state index >= 15 is 0 Å². The highest BCUT2D eigenvalue weighted by atomic mass is 16.7. The second-order valence-electron chi connectivity index (χ2n) is 8.28. The molecule has 5 nitrogen and oxygen atoms in total. The van der Waals surface area contributed by atoms with Crippen LogP contribution in [0, 0.1) is 29.6 Å². The Balaban J connectivity index is 1.45. The molecule has 0 unspecified atom stereocenters. The molecule has 3 saturated carbocycles. The van der Waals surface area contributed by atoms with E-state index in [1.54, 1.807) is 0 Å². The lowest BCUT2D eigenvalue weighted by Crippen LogP contribution is -2.54. The summed E-state index contributed by atoms with van der Waals surface area (Å²) in [6.07, 6.45) is -0.482. The quantitative estimate of drug-likeness (QED) is 0.874. The number of benzene rings is 1. The predicted molar refractivity (Wildman–Crippen MR) is 93.0 cm³/mol. The van der Waals surface area contributed by atoms with E-state index < -0.39 is 11.9 Å². The number of rotatable bonds is 5. The molecule has 4 fully saturated rings. The zero-order valence-electron chi connectivity index (χ0n) is 15.2.